The van der Waals surface area contributed by atoms with Crippen molar-refractivity contribution in [3.05, 3.63) is 22.7 Å². The number of rotatable bonds is 4. The summed E-state index contributed by atoms with van der Waals surface area (Å²) in [6.45, 7) is 6.86. The van der Waals surface area contributed by atoms with Crippen molar-refractivity contribution >= 4 is 17.3 Å². The molecule has 0 unspecified atom stereocenters. The normalized spacial score (nSPS) is 10.5. The lowest BCUT2D eigenvalue weighted by atomic mass is 10.0. The van der Waals surface area contributed by atoms with E-state index in [4.69, 9.17) is 16.3 Å². The van der Waals surface area contributed by atoms with Gasteiger partial charge >= 0.3 is 0 Å². The Labute approximate surface area is 96.6 Å². The molecule has 0 bridgehead atoms. The number of hydrogen-bond acceptors (Lipinski definition) is 2. The maximum atomic E-state index is 6.30. The van der Waals surface area contributed by atoms with Gasteiger partial charge in [0, 0.05) is 7.05 Å². The Balaban J connectivity index is 3.20. The van der Waals surface area contributed by atoms with Crippen LogP contribution in [0.25, 0.3) is 0 Å². The second-order valence-electron chi connectivity index (χ2n) is 3.68. The fraction of sp³-hybridized carbons (Fsp3) is 0.500. The second kappa shape index (κ2) is 5.26. The number of hydrogen-bond donors (Lipinski definition) is 1. The van der Waals surface area contributed by atoms with Crippen LogP contribution in [0.5, 0.6) is 5.75 Å². The zero-order chi connectivity index (χ0) is 11.4. The summed E-state index contributed by atoms with van der Waals surface area (Å²) in [7, 11) is 1.86. The van der Waals surface area contributed by atoms with Crippen molar-refractivity contribution in [3.8, 4) is 5.75 Å². The van der Waals surface area contributed by atoms with E-state index in [2.05, 4.69) is 19.2 Å². The van der Waals surface area contributed by atoms with Gasteiger partial charge in [-0.05, 0) is 24.5 Å². The van der Waals surface area contributed by atoms with Gasteiger partial charge in [-0.3, -0.25) is 0 Å². The smallest absolute Gasteiger partial charge is 0.143 e. The third-order valence-electron chi connectivity index (χ3n) is 2.31. The van der Waals surface area contributed by atoms with Gasteiger partial charge in [0.25, 0.3) is 0 Å². The van der Waals surface area contributed by atoms with Gasteiger partial charge in [-0.1, -0.05) is 31.5 Å². The SMILES string of the molecule is CCOc1ccc(C(C)C)c(Cl)c1NC. The van der Waals surface area contributed by atoms with Crippen LogP contribution in [0.4, 0.5) is 5.69 Å². The third-order valence-corrected chi connectivity index (χ3v) is 2.71. The van der Waals surface area contributed by atoms with Crippen LogP contribution < -0.4 is 10.1 Å². The molecular weight excluding hydrogens is 210 g/mol. The summed E-state index contributed by atoms with van der Waals surface area (Å²) in [5, 5.41) is 3.85. The summed E-state index contributed by atoms with van der Waals surface area (Å²) in [6.07, 6.45) is 0. The van der Waals surface area contributed by atoms with Gasteiger partial charge in [-0.15, -0.1) is 0 Å². The molecule has 1 N–H and O–H groups in total. The molecule has 0 amide bonds. The first kappa shape index (κ1) is 12.2. The van der Waals surface area contributed by atoms with E-state index in [1.807, 2.05) is 26.1 Å². The molecule has 0 heterocycles. The summed E-state index contributed by atoms with van der Waals surface area (Å²) in [6, 6.07) is 4.00. The van der Waals surface area contributed by atoms with Gasteiger partial charge in [0.2, 0.25) is 0 Å². The van der Waals surface area contributed by atoms with Crippen LogP contribution in [0.3, 0.4) is 0 Å². The first-order chi connectivity index (χ1) is 7.11. The maximum absolute atomic E-state index is 6.30. The molecule has 0 aromatic heterocycles. The largest absolute Gasteiger partial charge is 0.492 e. The number of halogens is 1. The van der Waals surface area contributed by atoms with Gasteiger partial charge in [-0.2, -0.15) is 0 Å². The molecule has 0 aliphatic heterocycles. The number of benzene rings is 1. The Kier molecular flexibility index (Phi) is 4.28. The Morgan fingerprint density at radius 2 is 2.07 bits per heavy atom. The van der Waals surface area contributed by atoms with E-state index in [0.29, 0.717) is 12.5 Å². The van der Waals surface area contributed by atoms with Crippen LogP contribution in [0, 0.1) is 0 Å². The fourth-order valence-corrected chi connectivity index (χ4v) is 2.00. The Bertz CT molecular complexity index is 337. The van der Waals surface area contributed by atoms with Crippen LogP contribution in [-0.4, -0.2) is 13.7 Å². The van der Waals surface area contributed by atoms with Gasteiger partial charge in [0.15, 0.2) is 0 Å². The molecule has 0 atom stereocenters. The monoisotopic (exact) mass is 227 g/mol. The molecule has 0 saturated carbocycles. The molecule has 0 fully saturated rings. The summed E-state index contributed by atoms with van der Waals surface area (Å²) < 4.78 is 5.50. The first-order valence-electron chi connectivity index (χ1n) is 5.24. The Morgan fingerprint density at radius 1 is 1.40 bits per heavy atom. The van der Waals surface area contributed by atoms with Gasteiger partial charge < -0.3 is 10.1 Å². The highest BCUT2D eigenvalue weighted by Gasteiger charge is 2.13. The lowest BCUT2D eigenvalue weighted by molar-refractivity contribution is 0.342. The van der Waals surface area contributed by atoms with E-state index < -0.39 is 0 Å². The van der Waals surface area contributed by atoms with Crippen molar-refractivity contribution in [2.24, 2.45) is 0 Å². The van der Waals surface area contributed by atoms with Crippen LogP contribution in [0.2, 0.25) is 5.02 Å². The van der Waals surface area contributed by atoms with E-state index >= 15 is 0 Å². The average Bonchev–Trinajstić information content (AvgIpc) is 2.18. The summed E-state index contributed by atoms with van der Waals surface area (Å²) >= 11 is 6.30. The van der Waals surface area contributed by atoms with E-state index in [0.717, 1.165) is 22.0 Å². The van der Waals surface area contributed by atoms with Crippen molar-refractivity contribution in [2.45, 2.75) is 26.7 Å². The van der Waals surface area contributed by atoms with E-state index in [1.165, 1.54) is 0 Å². The van der Waals surface area contributed by atoms with Crippen LogP contribution >= 0.6 is 11.6 Å². The van der Waals surface area contributed by atoms with Crippen LogP contribution in [0.15, 0.2) is 12.1 Å². The molecular formula is C12H18ClNO. The average molecular weight is 228 g/mol. The molecule has 2 nitrogen and oxygen atoms in total. The van der Waals surface area contributed by atoms with E-state index in [1.54, 1.807) is 0 Å². The third kappa shape index (κ3) is 2.57. The Morgan fingerprint density at radius 3 is 2.53 bits per heavy atom. The molecule has 15 heavy (non-hydrogen) atoms. The lowest BCUT2D eigenvalue weighted by Gasteiger charge is -2.16. The van der Waals surface area contributed by atoms with Gasteiger partial charge in [-0.25, -0.2) is 0 Å². The predicted molar refractivity (Wildman–Crippen MR) is 66.3 cm³/mol. The highest BCUT2D eigenvalue weighted by Crippen LogP contribution is 2.37. The molecule has 0 aliphatic rings. The molecule has 0 spiro atoms. The zero-order valence-electron chi connectivity index (χ0n) is 9.73. The molecule has 1 rings (SSSR count). The minimum atomic E-state index is 0.417. The first-order valence-corrected chi connectivity index (χ1v) is 5.62. The molecule has 1 aromatic carbocycles. The van der Waals surface area contributed by atoms with E-state index in [-0.39, 0.29) is 0 Å². The quantitative estimate of drug-likeness (QED) is 0.842. The summed E-state index contributed by atoms with van der Waals surface area (Å²) in [5.74, 6) is 1.23. The van der Waals surface area contributed by atoms with E-state index in [9.17, 15) is 0 Å². The van der Waals surface area contributed by atoms with Gasteiger partial charge in [0.1, 0.15) is 5.75 Å². The number of anilines is 1. The lowest BCUT2D eigenvalue weighted by Crippen LogP contribution is -2.01. The molecule has 0 saturated heterocycles. The van der Waals surface area contributed by atoms with Crippen LogP contribution in [-0.2, 0) is 0 Å². The predicted octanol–water partition coefficient (Wildman–Crippen LogP) is 3.90. The highest BCUT2D eigenvalue weighted by molar-refractivity contribution is 6.34. The summed E-state index contributed by atoms with van der Waals surface area (Å²) in [5.41, 5.74) is 2.02. The fourth-order valence-electron chi connectivity index (χ4n) is 1.53. The maximum Gasteiger partial charge on any atom is 0.143 e. The summed E-state index contributed by atoms with van der Waals surface area (Å²) in [4.78, 5) is 0. The molecule has 1 aromatic rings. The Hall–Kier alpha value is -0.890. The van der Waals surface area contributed by atoms with Gasteiger partial charge in [0.05, 0.1) is 17.3 Å². The highest BCUT2D eigenvalue weighted by atomic mass is 35.5. The standard InChI is InChI=1S/C12H18ClNO/c1-5-15-10-7-6-9(8(2)3)11(13)12(10)14-4/h6-8,14H,5H2,1-4H3. The molecule has 84 valence electrons. The van der Waals surface area contributed by atoms with Crippen molar-refractivity contribution in [1.29, 1.82) is 0 Å². The van der Waals surface area contributed by atoms with Crippen LogP contribution in [0.1, 0.15) is 32.3 Å². The molecule has 0 aliphatic carbocycles. The zero-order valence-corrected chi connectivity index (χ0v) is 10.5. The molecule has 0 radical (unpaired) electrons. The van der Waals surface area contributed by atoms with Crippen molar-refractivity contribution in [1.82, 2.24) is 0 Å². The second-order valence-corrected chi connectivity index (χ2v) is 4.06. The van der Waals surface area contributed by atoms with Crippen molar-refractivity contribution in [3.63, 3.8) is 0 Å². The molecule has 3 heteroatoms. The topological polar surface area (TPSA) is 21.3 Å². The number of ether oxygens (including phenoxy) is 1. The van der Waals surface area contributed by atoms with Crippen molar-refractivity contribution in [2.75, 3.05) is 19.0 Å². The number of nitrogens with one attached hydrogen (secondary N) is 1. The minimum Gasteiger partial charge on any atom is -0.492 e. The van der Waals surface area contributed by atoms with Crippen molar-refractivity contribution < 1.29 is 4.74 Å². The minimum absolute atomic E-state index is 0.417.